The summed E-state index contributed by atoms with van der Waals surface area (Å²) in [4.78, 5) is 8.31. The van der Waals surface area contributed by atoms with E-state index in [-0.39, 0.29) is 36.2 Å². The molecular formula is C2H9NNaO4P. The van der Waals surface area contributed by atoms with Crippen LogP contribution in [0.5, 0.6) is 0 Å². The van der Waals surface area contributed by atoms with E-state index in [1.165, 1.54) is 0 Å². The van der Waals surface area contributed by atoms with Crippen LogP contribution in [0, 0.1) is 0 Å². The number of nitrogens with two attached hydrogens (primary N) is 1. The van der Waals surface area contributed by atoms with E-state index in [2.05, 4.69) is 15.0 Å². The Kier molecular flexibility index (Phi) is 8.23. The van der Waals surface area contributed by atoms with E-state index in [0.717, 1.165) is 0 Å². The first-order valence-corrected chi connectivity index (χ1v) is 3.47. The van der Waals surface area contributed by atoms with Gasteiger partial charge in [0.2, 0.25) is 0 Å². The molecule has 7 heteroatoms. The zero-order valence-corrected chi connectivity index (χ0v) is 5.30. The summed E-state index contributed by atoms with van der Waals surface area (Å²) in [5.74, 6) is 4.35. The summed E-state index contributed by atoms with van der Waals surface area (Å²) >= 11 is 0. The Bertz CT molecular complexity index is 109. The molecule has 0 aromatic heterocycles. The van der Waals surface area contributed by atoms with Crippen LogP contribution in [-0.2, 0) is 13.7 Å². The second-order valence-corrected chi connectivity index (χ2v) is 2.40. The Morgan fingerprint density at radius 1 is 1.78 bits per heavy atom. The summed E-state index contributed by atoms with van der Waals surface area (Å²) in [6.07, 6.45) is 0. The molecule has 0 saturated heterocycles. The average Bonchev–Trinajstić information content (AvgIpc) is 1.67. The van der Waals surface area contributed by atoms with Crippen molar-refractivity contribution in [3.05, 3.63) is 0 Å². The number of phosphoric acid groups is 1. The molecule has 0 amide bonds. The Labute approximate surface area is 75.4 Å². The fourth-order valence-electron chi connectivity index (χ4n) is 0.194. The van der Waals surface area contributed by atoms with Crippen molar-refractivity contribution in [1.82, 2.24) is 0 Å². The molecule has 9 heavy (non-hydrogen) atoms. The third-order valence-corrected chi connectivity index (χ3v) is 1.28. The van der Waals surface area contributed by atoms with E-state index in [1.54, 1.807) is 6.92 Å². The molecule has 0 heterocycles. The predicted molar refractivity (Wildman–Crippen MR) is 33.9 cm³/mol. The van der Waals surface area contributed by atoms with Crippen LogP contribution in [0.25, 0.3) is 0 Å². The summed E-state index contributed by atoms with van der Waals surface area (Å²) in [6.45, 7) is 1.66. The monoisotopic (exact) mass is 165 g/mol. The van der Waals surface area contributed by atoms with Gasteiger partial charge >= 0.3 is 37.4 Å². The molecule has 0 aliphatic heterocycles. The van der Waals surface area contributed by atoms with Crippen molar-refractivity contribution >= 4 is 37.4 Å². The topological polar surface area (TPSA) is 81.8 Å². The summed E-state index contributed by atoms with van der Waals surface area (Å²) < 4.78 is 17.9. The van der Waals surface area contributed by atoms with Crippen LogP contribution in [0.1, 0.15) is 6.92 Å². The quantitative estimate of drug-likeness (QED) is 0.330. The van der Waals surface area contributed by atoms with Crippen LogP contribution in [0.4, 0.5) is 0 Å². The van der Waals surface area contributed by atoms with Crippen LogP contribution in [-0.4, -0.2) is 41.1 Å². The van der Waals surface area contributed by atoms with Crippen molar-refractivity contribution in [3.63, 3.8) is 0 Å². The minimum absolute atomic E-state index is 0. The number of hydrogen-bond acceptors (Lipinski definition) is 4. The normalized spacial score (nSPS) is 15.9. The fourth-order valence-corrected chi connectivity index (χ4v) is 0.581. The third kappa shape index (κ3) is 6.96. The Morgan fingerprint density at radius 2 is 2.22 bits per heavy atom. The molecule has 0 aromatic carbocycles. The first-order chi connectivity index (χ1) is 3.62. The van der Waals surface area contributed by atoms with Crippen molar-refractivity contribution in [2.75, 3.05) is 6.61 Å². The van der Waals surface area contributed by atoms with Gasteiger partial charge in [0.15, 0.2) is 0 Å². The molecule has 1 unspecified atom stereocenters. The van der Waals surface area contributed by atoms with E-state index in [9.17, 15) is 4.57 Å². The number of rotatable bonds is 3. The Balaban J connectivity index is 0. The number of phosphoric ester groups is 1. The van der Waals surface area contributed by atoms with E-state index in [0.29, 0.717) is 0 Å². The van der Waals surface area contributed by atoms with E-state index in [1.807, 2.05) is 0 Å². The molecule has 52 valence electrons. The molecule has 1 atom stereocenters. The van der Waals surface area contributed by atoms with Crippen molar-refractivity contribution in [1.29, 1.82) is 0 Å². The zero-order valence-electron chi connectivity index (χ0n) is 4.40. The maximum absolute atomic E-state index is 10.2. The zero-order chi connectivity index (χ0) is 6.62. The SMILES string of the molecule is CCOP(=O)(O)ON.[NaH]. The van der Waals surface area contributed by atoms with Crippen molar-refractivity contribution in [2.45, 2.75) is 6.92 Å². The molecule has 5 nitrogen and oxygen atoms in total. The molecule has 0 aliphatic rings. The molecular weight excluding hydrogens is 156 g/mol. The van der Waals surface area contributed by atoms with Gasteiger partial charge in [-0.2, -0.15) is 0 Å². The molecule has 0 radical (unpaired) electrons. The van der Waals surface area contributed by atoms with E-state index < -0.39 is 7.82 Å². The molecule has 0 spiro atoms. The van der Waals surface area contributed by atoms with Gasteiger partial charge in [0.25, 0.3) is 0 Å². The van der Waals surface area contributed by atoms with Crippen LogP contribution >= 0.6 is 7.82 Å². The molecule has 0 fully saturated rings. The van der Waals surface area contributed by atoms with Crippen LogP contribution in [0.3, 0.4) is 0 Å². The first kappa shape index (κ1) is 12.7. The van der Waals surface area contributed by atoms with Crippen LogP contribution in [0.2, 0.25) is 0 Å². The summed E-state index contributed by atoms with van der Waals surface area (Å²) in [5, 5.41) is 0. The molecule has 0 saturated carbocycles. The van der Waals surface area contributed by atoms with Gasteiger partial charge in [-0.05, 0) is 6.92 Å². The van der Waals surface area contributed by atoms with Gasteiger partial charge in [-0.25, -0.2) is 15.1 Å². The number of hydrogen-bond donors (Lipinski definition) is 2. The summed E-state index contributed by atoms with van der Waals surface area (Å²) in [7, 11) is -3.90. The molecule has 0 bridgehead atoms. The van der Waals surface area contributed by atoms with Crippen molar-refractivity contribution < 1.29 is 18.6 Å². The predicted octanol–water partition coefficient (Wildman–Crippen LogP) is -0.635. The van der Waals surface area contributed by atoms with Gasteiger partial charge in [-0.3, -0.25) is 4.52 Å². The second kappa shape index (κ2) is 5.82. The van der Waals surface area contributed by atoms with Gasteiger partial charge in [0.05, 0.1) is 6.61 Å². The van der Waals surface area contributed by atoms with Gasteiger partial charge < -0.3 is 4.89 Å². The van der Waals surface area contributed by atoms with Crippen molar-refractivity contribution in [2.24, 2.45) is 5.90 Å². The van der Waals surface area contributed by atoms with E-state index >= 15 is 0 Å². The average molecular weight is 165 g/mol. The maximum atomic E-state index is 10.2. The molecule has 0 rings (SSSR count). The summed E-state index contributed by atoms with van der Waals surface area (Å²) in [5.41, 5.74) is 0. The van der Waals surface area contributed by atoms with Gasteiger partial charge in [0.1, 0.15) is 0 Å². The molecule has 3 N–H and O–H groups in total. The Hall–Kier alpha value is 1.07. The fraction of sp³-hybridized carbons (Fsp3) is 1.00. The van der Waals surface area contributed by atoms with E-state index in [4.69, 9.17) is 4.89 Å². The summed E-state index contributed by atoms with van der Waals surface area (Å²) in [6, 6.07) is 0. The minimum atomic E-state index is -3.90. The van der Waals surface area contributed by atoms with Crippen LogP contribution in [0.15, 0.2) is 0 Å². The van der Waals surface area contributed by atoms with Crippen molar-refractivity contribution in [3.8, 4) is 0 Å². The standard InChI is InChI=1S/C2H8NO4P.Na.H/c1-2-6-8(4,5)7-3;;/h2-3H2,1H3,(H,4,5);;. The van der Waals surface area contributed by atoms with Gasteiger partial charge in [-0.15, -0.1) is 0 Å². The van der Waals surface area contributed by atoms with Gasteiger partial charge in [-0.1, -0.05) is 0 Å². The first-order valence-electron chi connectivity index (χ1n) is 1.98. The second-order valence-electron chi connectivity index (χ2n) is 0.992. The molecule has 0 aliphatic carbocycles. The molecule has 0 aromatic rings. The Morgan fingerprint density at radius 3 is 2.33 bits per heavy atom. The van der Waals surface area contributed by atoms with Crippen LogP contribution < -0.4 is 5.90 Å². The van der Waals surface area contributed by atoms with Gasteiger partial charge in [0, 0.05) is 0 Å². The third-order valence-electron chi connectivity index (χ3n) is 0.425.